The van der Waals surface area contributed by atoms with Gasteiger partial charge in [-0.1, -0.05) is 30.3 Å². The zero-order valence-electron chi connectivity index (χ0n) is 17.3. The molecule has 0 aliphatic carbocycles. The van der Waals surface area contributed by atoms with E-state index in [0.29, 0.717) is 24.8 Å². The van der Waals surface area contributed by atoms with Gasteiger partial charge >= 0.3 is 0 Å². The minimum atomic E-state index is 0.0314. The number of carbonyl (C=O) groups excluding carboxylic acids is 1. The third-order valence-corrected chi connectivity index (χ3v) is 5.60. The van der Waals surface area contributed by atoms with Crippen molar-refractivity contribution in [1.82, 2.24) is 10.2 Å². The maximum absolute atomic E-state index is 12.8. The second-order valence-corrected chi connectivity index (χ2v) is 7.75. The first-order valence-electron chi connectivity index (χ1n) is 10.1. The monoisotopic (exact) mass is 381 g/mol. The lowest BCUT2D eigenvalue weighted by atomic mass is 9.96. The van der Waals surface area contributed by atoms with Crippen molar-refractivity contribution in [3.63, 3.8) is 0 Å². The molecule has 5 heteroatoms. The van der Waals surface area contributed by atoms with Crippen LogP contribution in [0, 0.1) is 0 Å². The number of piperazine rings is 1. The lowest BCUT2D eigenvalue weighted by molar-refractivity contribution is 0.0801. The van der Waals surface area contributed by atoms with Crippen LogP contribution in [0.3, 0.4) is 0 Å². The van der Waals surface area contributed by atoms with Crippen molar-refractivity contribution >= 4 is 11.6 Å². The highest BCUT2D eigenvalue weighted by atomic mass is 16.3. The number of benzene rings is 2. The summed E-state index contributed by atoms with van der Waals surface area (Å²) in [7, 11) is 1.82. The fraction of sp³-hybridized carbons (Fsp3) is 0.435. The lowest BCUT2D eigenvalue weighted by Crippen LogP contribution is -2.54. The Morgan fingerprint density at radius 2 is 1.89 bits per heavy atom. The first-order chi connectivity index (χ1) is 13.4. The summed E-state index contributed by atoms with van der Waals surface area (Å²) in [5, 5.41) is 14.2. The molecular formula is C23H31N3O2. The number of phenols is 1. The predicted octanol–water partition coefficient (Wildman–Crippen LogP) is 3.26. The number of nitrogens with one attached hydrogen (secondary N) is 1. The molecule has 0 spiro atoms. The molecule has 28 heavy (non-hydrogen) atoms. The molecule has 1 amide bonds. The van der Waals surface area contributed by atoms with Gasteiger partial charge in [0.25, 0.3) is 5.91 Å². The van der Waals surface area contributed by atoms with Crippen LogP contribution in [0.4, 0.5) is 5.69 Å². The van der Waals surface area contributed by atoms with Crippen LogP contribution in [0.1, 0.15) is 42.3 Å². The van der Waals surface area contributed by atoms with Gasteiger partial charge in [-0.25, -0.2) is 0 Å². The largest absolute Gasteiger partial charge is 0.506 e. The number of amides is 1. The molecule has 150 valence electrons. The molecule has 5 nitrogen and oxygen atoms in total. The average Bonchev–Trinajstić information content (AvgIpc) is 2.69. The zero-order chi connectivity index (χ0) is 20.3. The minimum Gasteiger partial charge on any atom is -0.506 e. The van der Waals surface area contributed by atoms with E-state index in [9.17, 15) is 9.90 Å². The fourth-order valence-corrected chi connectivity index (χ4v) is 3.82. The van der Waals surface area contributed by atoms with E-state index in [1.54, 1.807) is 11.0 Å². The number of anilines is 1. The molecule has 0 unspecified atom stereocenters. The highest BCUT2D eigenvalue weighted by Crippen LogP contribution is 2.35. The topological polar surface area (TPSA) is 55.8 Å². The van der Waals surface area contributed by atoms with Crippen molar-refractivity contribution in [2.45, 2.75) is 39.3 Å². The van der Waals surface area contributed by atoms with Gasteiger partial charge in [0.05, 0.1) is 5.69 Å². The van der Waals surface area contributed by atoms with Crippen LogP contribution < -0.4 is 10.2 Å². The molecule has 0 bridgehead atoms. The lowest BCUT2D eigenvalue weighted by Gasteiger charge is -2.40. The summed E-state index contributed by atoms with van der Waals surface area (Å²) in [4.78, 5) is 16.8. The highest BCUT2D eigenvalue weighted by molar-refractivity contribution is 5.95. The number of rotatable bonds is 5. The van der Waals surface area contributed by atoms with Gasteiger partial charge in [0.15, 0.2) is 0 Å². The van der Waals surface area contributed by atoms with Gasteiger partial charge in [-0.3, -0.25) is 4.79 Å². The zero-order valence-corrected chi connectivity index (χ0v) is 17.3. The first-order valence-corrected chi connectivity index (χ1v) is 10.1. The van der Waals surface area contributed by atoms with E-state index < -0.39 is 0 Å². The van der Waals surface area contributed by atoms with Gasteiger partial charge in [0, 0.05) is 50.7 Å². The summed E-state index contributed by atoms with van der Waals surface area (Å²) in [6.45, 7) is 8.69. The average molecular weight is 382 g/mol. The van der Waals surface area contributed by atoms with Crippen LogP contribution in [0.15, 0.2) is 42.5 Å². The Morgan fingerprint density at radius 1 is 1.18 bits per heavy atom. The summed E-state index contributed by atoms with van der Waals surface area (Å²) < 4.78 is 0. The molecule has 2 N–H and O–H groups in total. The molecule has 1 fully saturated rings. The Morgan fingerprint density at radius 3 is 2.64 bits per heavy atom. The highest BCUT2D eigenvalue weighted by Gasteiger charge is 2.27. The van der Waals surface area contributed by atoms with Crippen molar-refractivity contribution in [1.29, 1.82) is 0 Å². The normalized spacial score (nSPS) is 19.5. The van der Waals surface area contributed by atoms with Crippen LogP contribution >= 0.6 is 0 Å². The van der Waals surface area contributed by atoms with Crippen LogP contribution in [0.5, 0.6) is 5.75 Å². The molecule has 2 atom stereocenters. The van der Waals surface area contributed by atoms with Crippen molar-refractivity contribution in [2.24, 2.45) is 0 Å². The number of para-hydroxylation sites is 1. The van der Waals surface area contributed by atoms with Gasteiger partial charge < -0.3 is 20.2 Å². The standard InChI is InChI=1S/C23H31N3O2/c1-5-25(4)23(28)20-11-7-6-9-18(20)13-19-10-8-12-21(27)22(19)26-15-16(2)24-14-17(26)3/h6-12,16-17,24,27H,5,13-15H2,1-4H3/t16-,17-/m0/s1. The van der Waals surface area contributed by atoms with Crippen molar-refractivity contribution in [3.8, 4) is 5.75 Å². The van der Waals surface area contributed by atoms with E-state index >= 15 is 0 Å². The van der Waals surface area contributed by atoms with Gasteiger partial charge in [0.1, 0.15) is 5.75 Å². The van der Waals surface area contributed by atoms with Gasteiger partial charge in [-0.2, -0.15) is 0 Å². The maximum Gasteiger partial charge on any atom is 0.253 e. The maximum atomic E-state index is 12.8. The van der Waals surface area contributed by atoms with Gasteiger partial charge in [-0.15, -0.1) is 0 Å². The van der Waals surface area contributed by atoms with Crippen LogP contribution in [0.2, 0.25) is 0 Å². The molecular weight excluding hydrogens is 350 g/mol. The van der Waals surface area contributed by atoms with E-state index in [1.807, 2.05) is 44.3 Å². The first kappa shape index (κ1) is 20.2. The third-order valence-electron chi connectivity index (χ3n) is 5.60. The second kappa shape index (κ2) is 8.65. The van der Waals surface area contributed by atoms with E-state index in [-0.39, 0.29) is 11.9 Å². The number of hydrogen-bond donors (Lipinski definition) is 2. The summed E-state index contributed by atoms with van der Waals surface area (Å²) in [5.41, 5.74) is 3.63. The Hall–Kier alpha value is -2.53. The molecule has 0 saturated carbocycles. The smallest absolute Gasteiger partial charge is 0.253 e. The van der Waals surface area contributed by atoms with Crippen molar-refractivity contribution < 1.29 is 9.90 Å². The second-order valence-electron chi connectivity index (χ2n) is 7.75. The molecule has 2 aromatic carbocycles. The summed E-state index contributed by atoms with van der Waals surface area (Å²) in [6.07, 6.45) is 0.605. The van der Waals surface area contributed by atoms with Crippen molar-refractivity contribution in [2.75, 3.05) is 31.6 Å². The van der Waals surface area contributed by atoms with Gasteiger partial charge in [-0.05, 0) is 44.0 Å². The van der Waals surface area contributed by atoms with Crippen LogP contribution in [-0.2, 0) is 6.42 Å². The SMILES string of the molecule is CCN(C)C(=O)c1ccccc1Cc1cccc(O)c1N1C[C@H](C)NC[C@@H]1C. The summed E-state index contributed by atoms with van der Waals surface area (Å²) in [6, 6.07) is 14.1. The number of hydrogen-bond acceptors (Lipinski definition) is 4. The molecule has 3 rings (SSSR count). The van der Waals surface area contributed by atoms with Gasteiger partial charge in [0.2, 0.25) is 0 Å². The molecule has 1 aliphatic heterocycles. The Bertz CT molecular complexity index is 836. The molecule has 1 heterocycles. The Labute approximate surface area is 168 Å². The fourth-order valence-electron chi connectivity index (χ4n) is 3.82. The minimum absolute atomic E-state index is 0.0314. The van der Waals surface area contributed by atoms with E-state index in [0.717, 1.165) is 35.5 Å². The van der Waals surface area contributed by atoms with Crippen LogP contribution in [-0.4, -0.2) is 54.7 Å². The van der Waals surface area contributed by atoms with E-state index in [1.165, 1.54) is 0 Å². The number of carbonyl (C=O) groups is 1. The molecule has 0 radical (unpaired) electrons. The predicted molar refractivity (Wildman–Crippen MR) is 114 cm³/mol. The van der Waals surface area contributed by atoms with E-state index in [2.05, 4.69) is 30.1 Å². The summed E-state index contributed by atoms with van der Waals surface area (Å²) >= 11 is 0. The number of aromatic hydroxyl groups is 1. The number of phenolic OH excluding ortho intramolecular Hbond substituents is 1. The summed E-state index contributed by atoms with van der Waals surface area (Å²) in [5.74, 6) is 0.330. The van der Waals surface area contributed by atoms with Crippen molar-refractivity contribution in [3.05, 3.63) is 59.2 Å². The molecule has 2 aromatic rings. The molecule has 1 aliphatic rings. The molecule has 0 aromatic heterocycles. The van der Waals surface area contributed by atoms with Crippen LogP contribution in [0.25, 0.3) is 0 Å². The Balaban J connectivity index is 1.99. The van der Waals surface area contributed by atoms with E-state index in [4.69, 9.17) is 0 Å². The number of nitrogens with zero attached hydrogens (tertiary/aromatic N) is 2. The third kappa shape index (κ3) is 4.14. The Kier molecular flexibility index (Phi) is 6.25. The quantitative estimate of drug-likeness (QED) is 0.835. The molecule has 1 saturated heterocycles.